The molecule has 0 spiro atoms. The van der Waals surface area contributed by atoms with Gasteiger partial charge in [0.25, 0.3) is 0 Å². The number of aryl methyl sites for hydroxylation is 1. The fraction of sp³-hybridized carbons (Fsp3) is 0.400. The van der Waals surface area contributed by atoms with Gasteiger partial charge >= 0.3 is 17.8 Å². The second kappa shape index (κ2) is 5.45. The molecule has 1 aliphatic heterocycles. The smallest absolute Gasteiger partial charge is 0.263 e. The van der Waals surface area contributed by atoms with E-state index in [0.29, 0.717) is 0 Å². The van der Waals surface area contributed by atoms with E-state index in [1.807, 2.05) is 45.0 Å². The van der Waals surface area contributed by atoms with Crippen LogP contribution in [0, 0.1) is 12.8 Å². The summed E-state index contributed by atoms with van der Waals surface area (Å²) >= 11 is 0. The molecule has 106 valence electrons. The van der Waals surface area contributed by atoms with Gasteiger partial charge < -0.3 is 0 Å². The maximum absolute atomic E-state index is 12.2. The lowest BCUT2D eigenvalue weighted by Crippen LogP contribution is -2.35. The first kappa shape index (κ1) is 14.2. The van der Waals surface area contributed by atoms with Gasteiger partial charge in [-0.2, -0.15) is 0 Å². The highest BCUT2D eigenvalue weighted by molar-refractivity contribution is 6.44. The lowest BCUT2D eigenvalue weighted by molar-refractivity contribution is -0.143. The summed E-state index contributed by atoms with van der Waals surface area (Å²) < 4.78 is 0. The van der Waals surface area contributed by atoms with Crippen LogP contribution in [0.5, 0.6) is 0 Å². The van der Waals surface area contributed by atoms with Crippen LogP contribution in [-0.4, -0.2) is 34.2 Å². The summed E-state index contributed by atoms with van der Waals surface area (Å²) in [6, 6.07) is 6.99. The maximum Gasteiger partial charge on any atom is 0.334 e. The van der Waals surface area contributed by atoms with Gasteiger partial charge in [-0.1, -0.05) is 38.1 Å². The van der Waals surface area contributed by atoms with Gasteiger partial charge in [0.1, 0.15) is 0 Å². The van der Waals surface area contributed by atoms with Crippen LogP contribution in [0.1, 0.15) is 25.0 Å². The number of hydrogen-bond donors (Lipinski definition) is 0. The zero-order valence-electron chi connectivity index (χ0n) is 11.9. The van der Waals surface area contributed by atoms with E-state index in [2.05, 4.69) is 0 Å². The maximum atomic E-state index is 12.2. The summed E-state index contributed by atoms with van der Waals surface area (Å²) in [7, 11) is 0. The fourth-order valence-electron chi connectivity index (χ4n) is 2.17. The number of imide groups is 2. The minimum absolute atomic E-state index is 0.133. The first-order valence-electron chi connectivity index (χ1n) is 6.63. The molecule has 0 saturated carbocycles. The molecular weight excluding hydrogens is 256 g/mol. The van der Waals surface area contributed by atoms with Gasteiger partial charge in [-0.15, -0.1) is 0 Å². The van der Waals surface area contributed by atoms with Crippen LogP contribution in [0.4, 0.5) is 4.79 Å². The number of carbonyl (C=O) groups excluding carboxylic acids is 3. The lowest BCUT2D eigenvalue weighted by Gasteiger charge is -2.17. The van der Waals surface area contributed by atoms with E-state index in [1.54, 1.807) is 0 Å². The van der Waals surface area contributed by atoms with Crippen LogP contribution >= 0.6 is 0 Å². The predicted octanol–water partition coefficient (Wildman–Crippen LogP) is 1.94. The van der Waals surface area contributed by atoms with E-state index in [1.165, 1.54) is 0 Å². The lowest BCUT2D eigenvalue weighted by atomic mass is 10.1. The number of nitrogens with zero attached hydrogens (tertiary/aromatic N) is 2. The van der Waals surface area contributed by atoms with E-state index in [0.717, 1.165) is 20.9 Å². The highest BCUT2D eigenvalue weighted by Crippen LogP contribution is 2.18. The molecule has 5 nitrogen and oxygen atoms in total. The molecule has 0 atom stereocenters. The molecular formula is C15H18N2O3. The molecule has 0 aliphatic carbocycles. The van der Waals surface area contributed by atoms with Gasteiger partial charge in [0.2, 0.25) is 0 Å². The number of urea groups is 1. The van der Waals surface area contributed by atoms with Crippen LogP contribution in [0.25, 0.3) is 0 Å². The monoisotopic (exact) mass is 274 g/mol. The zero-order valence-corrected chi connectivity index (χ0v) is 11.9. The number of benzene rings is 1. The van der Waals surface area contributed by atoms with Gasteiger partial charge in [0, 0.05) is 6.54 Å². The molecule has 0 N–H and O–H groups in total. The highest BCUT2D eigenvalue weighted by atomic mass is 16.2. The Hall–Kier alpha value is -2.17. The number of rotatable bonds is 4. The van der Waals surface area contributed by atoms with Crippen molar-refractivity contribution in [3.8, 4) is 0 Å². The second-order valence-corrected chi connectivity index (χ2v) is 5.41. The van der Waals surface area contributed by atoms with Crippen molar-refractivity contribution in [1.82, 2.24) is 9.80 Å². The number of amides is 4. The van der Waals surface area contributed by atoms with Crippen molar-refractivity contribution in [2.24, 2.45) is 5.92 Å². The molecule has 0 bridgehead atoms. The average molecular weight is 274 g/mol. The third kappa shape index (κ3) is 2.57. The van der Waals surface area contributed by atoms with Crippen molar-refractivity contribution in [1.29, 1.82) is 0 Å². The molecule has 2 rings (SSSR count). The predicted molar refractivity (Wildman–Crippen MR) is 73.7 cm³/mol. The quantitative estimate of drug-likeness (QED) is 0.623. The summed E-state index contributed by atoms with van der Waals surface area (Å²) in [4.78, 5) is 38.0. The first-order chi connectivity index (χ1) is 9.41. The van der Waals surface area contributed by atoms with E-state index >= 15 is 0 Å². The molecule has 1 fully saturated rings. The molecule has 1 heterocycles. The summed E-state index contributed by atoms with van der Waals surface area (Å²) in [5, 5.41) is 0. The molecule has 0 aromatic heterocycles. The Labute approximate surface area is 118 Å². The van der Waals surface area contributed by atoms with Crippen molar-refractivity contribution < 1.29 is 14.4 Å². The molecule has 20 heavy (non-hydrogen) atoms. The molecule has 1 saturated heterocycles. The Morgan fingerprint density at radius 2 is 1.60 bits per heavy atom. The third-order valence-corrected chi connectivity index (χ3v) is 3.27. The standard InChI is InChI=1S/C15H18N2O3/c1-10(2)8-16-13(18)14(19)17(15(16)20)9-12-7-5-4-6-11(12)3/h4-7,10H,8-9H2,1-3H3. The van der Waals surface area contributed by atoms with Crippen LogP contribution in [-0.2, 0) is 16.1 Å². The van der Waals surface area contributed by atoms with E-state index in [-0.39, 0.29) is 19.0 Å². The molecule has 4 amide bonds. The van der Waals surface area contributed by atoms with Gasteiger partial charge in [-0.05, 0) is 24.0 Å². The summed E-state index contributed by atoms with van der Waals surface area (Å²) in [6.07, 6.45) is 0. The Morgan fingerprint density at radius 1 is 1.00 bits per heavy atom. The van der Waals surface area contributed by atoms with E-state index in [9.17, 15) is 14.4 Å². The number of carbonyl (C=O) groups is 3. The molecule has 0 radical (unpaired) electrons. The van der Waals surface area contributed by atoms with Crippen LogP contribution < -0.4 is 0 Å². The summed E-state index contributed by atoms with van der Waals surface area (Å²) in [5.74, 6) is -1.33. The van der Waals surface area contributed by atoms with Crippen LogP contribution in [0.3, 0.4) is 0 Å². The van der Waals surface area contributed by atoms with Crippen molar-refractivity contribution in [3.05, 3.63) is 35.4 Å². The average Bonchev–Trinajstić information content (AvgIpc) is 2.58. The van der Waals surface area contributed by atoms with Gasteiger partial charge in [0.05, 0.1) is 6.54 Å². The Bertz CT molecular complexity index is 566. The normalized spacial score (nSPS) is 15.7. The molecule has 5 heteroatoms. The van der Waals surface area contributed by atoms with Crippen LogP contribution in [0.15, 0.2) is 24.3 Å². The molecule has 1 aromatic rings. The zero-order chi connectivity index (χ0) is 14.9. The SMILES string of the molecule is Cc1ccccc1CN1C(=O)C(=O)N(CC(C)C)C1=O. The topological polar surface area (TPSA) is 57.7 Å². The Kier molecular flexibility index (Phi) is 3.88. The Morgan fingerprint density at radius 3 is 2.20 bits per heavy atom. The second-order valence-electron chi connectivity index (χ2n) is 5.41. The van der Waals surface area contributed by atoms with Crippen LogP contribution in [0.2, 0.25) is 0 Å². The van der Waals surface area contributed by atoms with Crippen molar-refractivity contribution in [2.75, 3.05) is 6.54 Å². The van der Waals surface area contributed by atoms with Crippen molar-refractivity contribution >= 4 is 17.8 Å². The minimum atomic E-state index is -0.737. The van der Waals surface area contributed by atoms with E-state index in [4.69, 9.17) is 0 Å². The Balaban J connectivity index is 2.21. The van der Waals surface area contributed by atoms with Crippen molar-refractivity contribution in [2.45, 2.75) is 27.3 Å². The largest absolute Gasteiger partial charge is 0.334 e. The van der Waals surface area contributed by atoms with Gasteiger partial charge in [0.15, 0.2) is 0 Å². The molecule has 1 aromatic carbocycles. The fourth-order valence-corrected chi connectivity index (χ4v) is 2.17. The third-order valence-electron chi connectivity index (χ3n) is 3.27. The van der Waals surface area contributed by atoms with E-state index < -0.39 is 17.8 Å². The first-order valence-corrected chi connectivity index (χ1v) is 6.63. The van der Waals surface area contributed by atoms with Crippen molar-refractivity contribution in [3.63, 3.8) is 0 Å². The number of hydrogen-bond acceptors (Lipinski definition) is 3. The summed E-state index contributed by atoms with van der Waals surface area (Å²) in [5.41, 5.74) is 1.86. The molecule has 0 unspecified atom stereocenters. The minimum Gasteiger partial charge on any atom is -0.263 e. The summed E-state index contributed by atoms with van der Waals surface area (Å²) in [6.45, 7) is 6.12. The highest BCUT2D eigenvalue weighted by Gasteiger charge is 2.44. The van der Waals surface area contributed by atoms with Gasteiger partial charge in [-0.3, -0.25) is 19.4 Å². The van der Waals surface area contributed by atoms with Gasteiger partial charge in [-0.25, -0.2) is 4.79 Å². The molecule has 1 aliphatic rings.